The predicted octanol–water partition coefficient (Wildman–Crippen LogP) is 2.50. The largest absolute Gasteiger partial charge is 0.497 e. The third-order valence-corrected chi connectivity index (χ3v) is 2.27. The zero-order valence-corrected chi connectivity index (χ0v) is 8.36. The molecule has 0 saturated carbocycles. The van der Waals surface area contributed by atoms with E-state index >= 15 is 0 Å². The highest BCUT2D eigenvalue weighted by atomic mass is 16.5. The lowest BCUT2D eigenvalue weighted by atomic mass is 10.1. The summed E-state index contributed by atoms with van der Waals surface area (Å²) in [6.07, 6.45) is 2.66. The molecule has 2 aromatic rings. The van der Waals surface area contributed by atoms with Crippen LogP contribution in [-0.2, 0) is 0 Å². The Balaban J connectivity index is 2.52. The molecule has 1 heterocycles. The van der Waals surface area contributed by atoms with Crippen molar-refractivity contribution >= 4 is 6.29 Å². The summed E-state index contributed by atoms with van der Waals surface area (Å²) >= 11 is 0. The SMILES string of the molecule is COc1ccc(-c2ccc[nH]2)c(C=O)c1. The van der Waals surface area contributed by atoms with Gasteiger partial charge in [0.05, 0.1) is 7.11 Å². The van der Waals surface area contributed by atoms with Crippen LogP contribution in [0.4, 0.5) is 0 Å². The average Bonchev–Trinajstić information content (AvgIpc) is 2.81. The molecule has 0 bridgehead atoms. The first kappa shape index (κ1) is 9.52. The number of rotatable bonds is 3. The molecule has 1 aromatic heterocycles. The van der Waals surface area contributed by atoms with Crippen LogP contribution in [0.25, 0.3) is 11.3 Å². The van der Waals surface area contributed by atoms with Crippen LogP contribution in [0, 0.1) is 0 Å². The smallest absolute Gasteiger partial charge is 0.150 e. The van der Waals surface area contributed by atoms with Crippen molar-refractivity contribution in [3.8, 4) is 17.0 Å². The number of carbonyl (C=O) groups excluding carboxylic acids is 1. The van der Waals surface area contributed by atoms with E-state index in [1.165, 1.54) is 0 Å². The molecule has 1 N–H and O–H groups in total. The molecule has 0 radical (unpaired) electrons. The molecule has 15 heavy (non-hydrogen) atoms. The minimum atomic E-state index is 0.622. The summed E-state index contributed by atoms with van der Waals surface area (Å²) in [6.45, 7) is 0. The van der Waals surface area contributed by atoms with Crippen molar-refractivity contribution in [2.45, 2.75) is 0 Å². The second-order valence-electron chi connectivity index (χ2n) is 3.15. The summed E-state index contributed by atoms with van der Waals surface area (Å²) in [5, 5.41) is 0. The van der Waals surface area contributed by atoms with Crippen LogP contribution in [0.5, 0.6) is 5.75 Å². The molecular weight excluding hydrogens is 190 g/mol. The third kappa shape index (κ3) is 1.76. The minimum absolute atomic E-state index is 0.622. The topological polar surface area (TPSA) is 42.1 Å². The summed E-state index contributed by atoms with van der Waals surface area (Å²) in [5.41, 5.74) is 2.44. The molecule has 3 heteroatoms. The van der Waals surface area contributed by atoms with Gasteiger partial charge in [0, 0.05) is 23.0 Å². The Morgan fingerprint density at radius 3 is 2.80 bits per heavy atom. The van der Waals surface area contributed by atoms with Crippen LogP contribution in [-0.4, -0.2) is 18.4 Å². The van der Waals surface area contributed by atoms with E-state index in [-0.39, 0.29) is 0 Å². The second-order valence-corrected chi connectivity index (χ2v) is 3.15. The molecular formula is C12H11NO2. The molecule has 0 spiro atoms. The van der Waals surface area contributed by atoms with Gasteiger partial charge in [0.2, 0.25) is 0 Å². The second kappa shape index (κ2) is 4.00. The Labute approximate surface area is 87.7 Å². The van der Waals surface area contributed by atoms with Crippen molar-refractivity contribution in [1.29, 1.82) is 0 Å². The number of H-pyrrole nitrogens is 1. The van der Waals surface area contributed by atoms with Gasteiger partial charge in [-0.05, 0) is 30.3 Å². The van der Waals surface area contributed by atoms with E-state index in [4.69, 9.17) is 4.74 Å². The summed E-state index contributed by atoms with van der Waals surface area (Å²) in [5.74, 6) is 0.687. The number of benzene rings is 1. The van der Waals surface area contributed by atoms with Gasteiger partial charge in [-0.2, -0.15) is 0 Å². The van der Waals surface area contributed by atoms with Gasteiger partial charge < -0.3 is 9.72 Å². The number of aldehydes is 1. The number of methoxy groups -OCH3 is 1. The van der Waals surface area contributed by atoms with E-state index in [1.807, 2.05) is 30.5 Å². The lowest BCUT2D eigenvalue weighted by Gasteiger charge is -2.05. The minimum Gasteiger partial charge on any atom is -0.497 e. The van der Waals surface area contributed by atoms with Crippen molar-refractivity contribution in [2.75, 3.05) is 7.11 Å². The number of ether oxygens (including phenoxy) is 1. The van der Waals surface area contributed by atoms with E-state index < -0.39 is 0 Å². The molecule has 0 atom stereocenters. The molecule has 0 fully saturated rings. The monoisotopic (exact) mass is 201 g/mol. The standard InChI is InChI=1S/C12H11NO2/c1-15-10-4-5-11(9(7-10)8-14)12-3-2-6-13-12/h2-8,13H,1H3. The molecule has 0 aliphatic carbocycles. The van der Waals surface area contributed by atoms with Crippen molar-refractivity contribution in [3.63, 3.8) is 0 Å². The fourth-order valence-electron chi connectivity index (χ4n) is 1.51. The van der Waals surface area contributed by atoms with E-state index in [1.54, 1.807) is 13.2 Å². The number of nitrogens with one attached hydrogen (secondary N) is 1. The van der Waals surface area contributed by atoms with Crippen molar-refractivity contribution < 1.29 is 9.53 Å². The highest BCUT2D eigenvalue weighted by Gasteiger charge is 2.06. The highest BCUT2D eigenvalue weighted by molar-refractivity contribution is 5.87. The zero-order valence-electron chi connectivity index (χ0n) is 8.36. The molecule has 0 unspecified atom stereocenters. The lowest BCUT2D eigenvalue weighted by Crippen LogP contribution is -1.90. The first-order valence-corrected chi connectivity index (χ1v) is 4.62. The molecule has 0 aliphatic heterocycles. The Kier molecular flexibility index (Phi) is 2.54. The van der Waals surface area contributed by atoms with Crippen molar-refractivity contribution in [3.05, 3.63) is 42.1 Å². The van der Waals surface area contributed by atoms with Crippen LogP contribution in [0.3, 0.4) is 0 Å². The normalized spacial score (nSPS) is 9.93. The Bertz CT molecular complexity index is 460. The predicted molar refractivity (Wildman–Crippen MR) is 58.2 cm³/mol. The Hall–Kier alpha value is -2.03. The molecule has 0 amide bonds. The fraction of sp³-hybridized carbons (Fsp3) is 0.0833. The molecule has 76 valence electrons. The number of aromatic nitrogens is 1. The summed E-state index contributed by atoms with van der Waals surface area (Å²) in [7, 11) is 1.58. The molecule has 0 saturated heterocycles. The van der Waals surface area contributed by atoms with Crippen molar-refractivity contribution in [1.82, 2.24) is 4.98 Å². The van der Waals surface area contributed by atoms with Gasteiger partial charge in [-0.15, -0.1) is 0 Å². The summed E-state index contributed by atoms with van der Waals surface area (Å²) < 4.78 is 5.06. The van der Waals surface area contributed by atoms with Gasteiger partial charge >= 0.3 is 0 Å². The van der Waals surface area contributed by atoms with Crippen molar-refractivity contribution in [2.24, 2.45) is 0 Å². The first-order valence-electron chi connectivity index (χ1n) is 4.62. The van der Waals surface area contributed by atoms with Crippen LogP contribution < -0.4 is 4.74 Å². The van der Waals surface area contributed by atoms with Gasteiger partial charge in [-0.25, -0.2) is 0 Å². The van der Waals surface area contributed by atoms with Gasteiger partial charge in [-0.1, -0.05) is 0 Å². The van der Waals surface area contributed by atoms with Crippen LogP contribution in [0.2, 0.25) is 0 Å². The fourth-order valence-corrected chi connectivity index (χ4v) is 1.51. The molecule has 3 nitrogen and oxygen atoms in total. The van der Waals surface area contributed by atoms with Crippen LogP contribution in [0.1, 0.15) is 10.4 Å². The Morgan fingerprint density at radius 1 is 1.33 bits per heavy atom. The van der Waals surface area contributed by atoms with E-state index in [2.05, 4.69) is 4.98 Å². The van der Waals surface area contributed by atoms with E-state index in [0.29, 0.717) is 11.3 Å². The van der Waals surface area contributed by atoms with Crippen LogP contribution >= 0.6 is 0 Å². The molecule has 0 aliphatic rings. The number of hydrogen-bond acceptors (Lipinski definition) is 2. The van der Waals surface area contributed by atoms with Gasteiger partial charge in [0.25, 0.3) is 0 Å². The number of aromatic amines is 1. The van der Waals surface area contributed by atoms with E-state index in [9.17, 15) is 4.79 Å². The third-order valence-electron chi connectivity index (χ3n) is 2.27. The maximum Gasteiger partial charge on any atom is 0.150 e. The zero-order chi connectivity index (χ0) is 10.7. The quantitative estimate of drug-likeness (QED) is 0.775. The van der Waals surface area contributed by atoms with E-state index in [0.717, 1.165) is 17.5 Å². The summed E-state index contributed by atoms with van der Waals surface area (Å²) in [4.78, 5) is 14.0. The number of hydrogen-bond donors (Lipinski definition) is 1. The lowest BCUT2D eigenvalue weighted by molar-refractivity contribution is 0.112. The maximum absolute atomic E-state index is 10.9. The highest BCUT2D eigenvalue weighted by Crippen LogP contribution is 2.24. The Morgan fingerprint density at radius 2 is 2.20 bits per heavy atom. The van der Waals surface area contributed by atoms with Crippen LogP contribution in [0.15, 0.2) is 36.5 Å². The van der Waals surface area contributed by atoms with Gasteiger partial charge in [0.15, 0.2) is 6.29 Å². The molecule has 2 rings (SSSR count). The average molecular weight is 201 g/mol. The summed E-state index contributed by atoms with van der Waals surface area (Å²) in [6, 6.07) is 9.25. The van der Waals surface area contributed by atoms with Gasteiger partial charge in [-0.3, -0.25) is 4.79 Å². The van der Waals surface area contributed by atoms with Gasteiger partial charge in [0.1, 0.15) is 5.75 Å². The number of carbonyl (C=O) groups is 1. The first-order chi connectivity index (χ1) is 7.35. The maximum atomic E-state index is 10.9. The molecule has 1 aromatic carbocycles.